The third-order valence-corrected chi connectivity index (χ3v) is 5.11. The lowest BCUT2D eigenvalue weighted by atomic mass is 10.1. The number of hydrogen-bond acceptors (Lipinski definition) is 7. The normalized spacial score (nSPS) is 11.0. The van der Waals surface area contributed by atoms with Crippen molar-refractivity contribution in [1.29, 1.82) is 0 Å². The molecule has 2 aromatic carbocycles. The maximum Gasteiger partial charge on any atom is 0.343 e. The Morgan fingerprint density at radius 2 is 1.97 bits per heavy atom. The average Bonchev–Trinajstić information content (AvgIpc) is 3.25. The predicted octanol–water partition coefficient (Wildman–Crippen LogP) is 3.51. The lowest BCUT2D eigenvalue weighted by Gasteiger charge is -2.12. The number of ether oxygens (including phenoxy) is 1. The van der Waals surface area contributed by atoms with Crippen LogP contribution in [0.2, 0.25) is 5.02 Å². The van der Waals surface area contributed by atoms with Gasteiger partial charge in [0.05, 0.1) is 40.5 Å². The molecule has 0 radical (unpaired) electrons. The molecule has 0 fully saturated rings. The first kappa shape index (κ1) is 22.1. The third-order valence-electron chi connectivity index (χ3n) is 4.82. The number of non-ortho nitro benzene ring substituents is 1. The van der Waals surface area contributed by atoms with Gasteiger partial charge in [-0.05, 0) is 31.2 Å². The van der Waals surface area contributed by atoms with Crippen molar-refractivity contribution in [3.8, 4) is 5.69 Å². The summed E-state index contributed by atoms with van der Waals surface area (Å²) in [6, 6.07) is 8.00. The molecule has 0 bridgehead atoms. The SMILES string of the molecule is CCOC(=O)c1cn(Cc2cn(-c3ccc([N+](=O)[O-])cc3)nn2)c2cc(Cl)c(F)cc2c1=O. The number of benzene rings is 2. The van der Waals surface area contributed by atoms with Crippen molar-refractivity contribution in [2.45, 2.75) is 13.5 Å². The van der Waals surface area contributed by atoms with Crippen LogP contribution >= 0.6 is 11.6 Å². The molecule has 0 spiro atoms. The Hall–Kier alpha value is -4.12. The molecule has 2 aromatic heterocycles. The van der Waals surface area contributed by atoms with Gasteiger partial charge in [0.1, 0.15) is 17.1 Å². The number of carbonyl (C=O) groups is 1. The number of rotatable bonds is 6. The van der Waals surface area contributed by atoms with Gasteiger partial charge < -0.3 is 9.30 Å². The zero-order valence-corrected chi connectivity index (χ0v) is 17.8. The Bertz CT molecular complexity index is 1450. The van der Waals surface area contributed by atoms with E-state index in [1.807, 2.05) is 0 Å². The quantitative estimate of drug-likeness (QED) is 0.239. The molecule has 2 heterocycles. The van der Waals surface area contributed by atoms with Crippen LogP contribution < -0.4 is 5.43 Å². The van der Waals surface area contributed by atoms with E-state index in [1.54, 1.807) is 13.1 Å². The summed E-state index contributed by atoms with van der Waals surface area (Å²) in [5, 5.41) is 18.7. The summed E-state index contributed by atoms with van der Waals surface area (Å²) >= 11 is 5.92. The van der Waals surface area contributed by atoms with Gasteiger partial charge in [0.25, 0.3) is 5.69 Å². The number of nitro benzene ring substituents is 1. The van der Waals surface area contributed by atoms with E-state index in [4.69, 9.17) is 16.3 Å². The smallest absolute Gasteiger partial charge is 0.343 e. The summed E-state index contributed by atoms with van der Waals surface area (Å²) in [4.78, 5) is 35.4. The van der Waals surface area contributed by atoms with E-state index in [9.17, 15) is 24.1 Å². The Labute approximate surface area is 189 Å². The highest BCUT2D eigenvalue weighted by atomic mass is 35.5. The van der Waals surface area contributed by atoms with E-state index >= 15 is 0 Å². The monoisotopic (exact) mass is 471 g/mol. The minimum atomic E-state index is -0.831. The van der Waals surface area contributed by atoms with Gasteiger partial charge in [-0.3, -0.25) is 14.9 Å². The van der Waals surface area contributed by atoms with E-state index in [1.165, 1.54) is 45.8 Å². The molecule has 168 valence electrons. The first-order chi connectivity index (χ1) is 15.8. The van der Waals surface area contributed by atoms with Gasteiger partial charge in [-0.2, -0.15) is 0 Å². The molecular weight excluding hydrogens is 457 g/mol. The maximum absolute atomic E-state index is 14.1. The second-order valence-electron chi connectivity index (χ2n) is 6.93. The highest BCUT2D eigenvalue weighted by Gasteiger charge is 2.19. The largest absolute Gasteiger partial charge is 0.462 e. The molecule has 0 saturated carbocycles. The van der Waals surface area contributed by atoms with Gasteiger partial charge in [-0.15, -0.1) is 5.10 Å². The number of hydrogen-bond donors (Lipinski definition) is 0. The van der Waals surface area contributed by atoms with Crippen LogP contribution in [-0.2, 0) is 11.3 Å². The van der Waals surface area contributed by atoms with Crippen LogP contribution in [0.15, 0.2) is 53.6 Å². The summed E-state index contributed by atoms with van der Waals surface area (Å²) in [5.74, 6) is -1.62. The number of aromatic nitrogens is 4. The topological polar surface area (TPSA) is 122 Å². The summed E-state index contributed by atoms with van der Waals surface area (Å²) in [6.07, 6.45) is 2.89. The number of pyridine rings is 1. The second-order valence-corrected chi connectivity index (χ2v) is 7.34. The van der Waals surface area contributed by atoms with Gasteiger partial charge in [0.15, 0.2) is 0 Å². The van der Waals surface area contributed by atoms with E-state index in [0.29, 0.717) is 16.9 Å². The first-order valence-corrected chi connectivity index (χ1v) is 10.0. The van der Waals surface area contributed by atoms with Crippen molar-refractivity contribution < 1.29 is 18.8 Å². The lowest BCUT2D eigenvalue weighted by molar-refractivity contribution is -0.384. The van der Waals surface area contributed by atoms with Gasteiger partial charge in [-0.1, -0.05) is 16.8 Å². The molecule has 0 unspecified atom stereocenters. The van der Waals surface area contributed by atoms with Crippen LogP contribution in [0.3, 0.4) is 0 Å². The number of nitro groups is 1. The maximum atomic E-state index is 14.1. The molecule has 0 saturated heterocycles. The van der Waals surface area contributed by atoms with Crippen LogP contribution in [0.1, 0.15) is 23.0 Å². The third kappa shape index (κ3) is 4.30. The highest BCUT2D eigenvalue weighted by molar-refractivity contribution is 6.31. The minimum Gasteiger partial charge on any atom is -0.462 e. The molecule has 12 heteroatoms. The minimum absolute atomic E-state index is 0.0368. The Balaban J connectivity index is 1.76. The zero-order valence-electron chi connectivity index (χ0n) is 17.1. The van der Waals surface area contributed by atoms with Crippen molar-refractivity contribution >= 4 is 34.2 Å². The fourth-order valence-corrected chi connectivity index (χ4v) is 3.43. The molecule has 10 nitrogen and oxygen atoms in total. The fraction of sp³-hybridized carbons (Fsp3) is 0.143. The molecule has 0 N–H and O–H groups in total. The van der Waals surface area contributed by atoms with Crippen LogP contribution in [0, 0.1) is 15.9 Å². The van der Waals surface area contributed by atoms with E-state index in [2.05, 4.69) is 10.3 Å². The van der Waals surface area contributed by atoms with Crippen LogP contribution in [0.25, 0.3) is 16.6 Å². The number of esters is 1. The van der Waals surface area contributed by atoms with Crippen molar-refractivity contribution in [1.82, 2.24) is 19.6 Å². The molecule has 4 rings (SSSR count). The Kier molecular flexibility index (Phi) is 5.88. The fourth-order valence-electron chi connectivity index (χ4n) is 3.27. The summed E-state index contributed by atoms with van der Waals surface area (Å²) in [6.45, 7) is 1.74. The summed E-state index contributed by atoms with van der Waals surface area (Å²) < 4.78 is 22.0. The van der Waals surface area contributed by atoms with Gasteiger partial charge in [-0.25, -0.2) is 13.9 Å². The van der Waals surface area contributed by atoms with Crippen LogP contribution in [0.5, 0.6) is 0 Å². The molecule has 0 aliphatic carbocycles. The molecule has 0 aliphatic heterocycles. The number of fused-ring (bicyclic) bond motifs is 1. The molecule has 0 atom stereocenters. The zero-order chi connectivity index (χ0) is 23.7. The summed E-state index contributed by atoms with van der Waals surface area (Å²) in [5.41, 5.74) is 0.285. The van der Waals surface area contributed by atoms with Gasteiger partial charge in [0, 0.05) is 23.7 Å². The molecule has 33 heavy (non-hydrogen) atoms. The average molecular weight is 472 g/mol. The van der Waals surface area contributed by atoms with Crippen LogP contribution in [-0.4, -0.2) is 37.1 Å². The van der Waals surface area contributed by atoms with E-state index in [-0.39, 0.29) is 34.8 Å². The molecule has 0 aliphatic rings. The first-order valence-electron chi connectivity index (χ1n) is 9.64. The highest BCUT2D eigenvalue weighted by Crippen LogP contribution is 2.23. The molecular formula is C21H15ClFN5O5. The summed E-state index contributed by atoms with van der Waals surface area (Å²) in [7, 11) is 0. The van der Waals surface area contributed by atoms with E-state index < -0.39 is 22.1 Å². The van der Waals surface area contributed by atoms with Crippen LogP contribution in [0.4, 0.5) is 10.1 Å². The predicted molar refractivity (Wildman–Crippen MR) is 116 cm³/mol. The van der Waals surface area contributed by atoms with E-state index in [0.717, 1.165) is 6.07 Å². The van der Waals surface area contributed by atoms with Gasteiger partial charge in [0.2, 0.25) is 5.43 Å². The van der Waals surface area contributed by atoms with Crippen molar-refractivity contribution in [3.63, 3.8) is 0 Å². The number of nitrogens with zero attached hydrogens (tertiary/aromatic N) is 5. The second kappa shape index (κ2) is 8.79. The van der Waals surface area contributed by atoms with Gasteiger partial charge >= 0.3 is 5.97 Å². The van der Waals surface area contributed by atoms with Crippen molar-refractivity contribution in [2.24, 2.45) is 0 Å². The Morgan fingerprint density at radius 3 is 2.64 bits per heavy atom. The number of halogens is 2. The molecule has 4 aromatic rings. The Morgan fingerprint density at radius 1 is 1.24 bits per heavy atom. The number of carbonyl (C=O) groups excluding carboxylic acids is 1. The standard InChI is InChI=1S/C21H15ClFN5O5/c1-2-33-21(30)16-11-26(19-8-17(22)18(23)7-15(19)20(16)29)9-12-10-27(25-24-12)13-3-5-14(6-4-13)28(31)32/h3-8,10-11H,2,9H2,1H3. The lowest BCUT2D eigenvalue weighted by Crippen LogP contribution is -2.21. The van der Waals surface area contributed by atoms with Crippen molar-refractivity contribution in [2.75, 3.05) is 6.61 Å². The van der Waals surface area contributed by atoms with Crippen molar-refractivity contribution in [3.05, 3.63) is 91.2 Å². The molecule has 0 amide bonds.